The first-order chi connectivity index (χ1) is 8.63. The Bertz CT molecular complexity index is 357. The second-order valence-corrected chi connectivity index (χ2v) is 4.31. The van der Waals surface area contributed by atoms with Gasteiger partial charge in [0, 0.05) is 13.2 Å². The van der Waals surface area contributed by atoms with Crippen LogP contribution in [-0.2, 0) is 11.3 Å². The Morgan fingerprint density at radius 2 is 2.11 bits per heavy atom. The molecule has 0 saturated heterocycles. The van der Waals surface area contributed by atoms with Gasteiger partial charge in [-0.2, -0.15) is 0 Å². The van der Waals surface area contributed by atoms with Crippen LogP contribution in [0.25, 0.3) is 0 Å². The number of carbonyl (C=O) groups is 1. The van der Waals surface area contributed by atoms with Crippen LogP contribution in [0, 0.1) is 5.92 Å². The molecule has 100 valence electrons. The van der Waals surface area contributed by atoms with Crippen molar-refractivity contribution in [2.75, 3.05) is 13.2 Å². The third kappa shape index (κ3) is 5.16. The predicted octanol–water partition coefficient (Wildman–Crippen LogP) is 1.52. The van der Waals surface area contributed by atoms with Crippen molar-refractivity contribution in [3.63, 3.8) is 0 Å². The van der Waals surface area contributed by atoms with E-state index < -0.39 is 6.09 Å². The zero-order chi connectivity index (χ0) is 13.4. The fourth-order valence-electron chi connectivity index (χ4n) is 1.34. The molecule has 0 aliphatic heterocycles. The normalized spacial score (nSPS) is 11.9. The van der Waals surface area contributed by atoms with Crippen LogP contribution in [0.15, 0.2) is 30.3 Å². The van der Waals surface area contributed by atoms with Crippen LogP contribution >= 0.6 is 0 Å². The molecule has 3 N–H and O–H groups in total. The van der Waals surface area contributed by atoms with E-state index in [1.165, 1.54) is 0 Å². The summed E-state index contributed by atoms with van der Waals surface area (Å²) in [5, 5.41) is 9.90. The number of aliphatic hydroxyl groups excluding tert-OH is 1. The maximum absolute atomic E-state index is 11.5. The van der Waals surface area contributed by atoms with Crippen molar-refractivity contribution in [3.05, 3.63) is 35.9 Å². The van der Waals surface area contributed by atoms with Crippen molar-refractivity contribution in [3.8, 4) is 0 Å². The largest absolute Gasteiger partial charge is 0.444 e. The summed E-state index contributed by atoms with van der Waals surface area (Å²) in [6, 6.07) is 9.42. The lowest BCUT2D eigenvalue weighted by Crippen LogP contribution is -2.39. The van der Waals surface area contributed by atoms with Gasteiger partial charge in [-0.3, -0.25) is 0 Å². The number of nitrogens with zero attached hydrogens (tertiary/aromatic N) is 1. The molecule has 0 saturated carbocycles. The van der Waals surface area contributed by atoms with Gasteiger partial charge in [-0.15, -0.1) is 0 Å². The highest BCUT2D eigenvalue weighted by Gasteiger charge is 2.12. The summed E-state index contributed by atoms with van der Waals surface area (Å²) in [4.78, 5) is 11.5. The number of rotatable bonds is 6. The molecule has 0 aliphatic rings. The average molecular weight is 252 g/mol. The zero-order valence-corrected chi connectivity index (χ0v) is 10.6. The second kappa shape index (κ2) is 7.68. The second-order valence-electron chi connectivity index (χ2n) is 4.31. The third-order valence-electron chi connectivity index (χ3n) is 2.61. The molecule has 0 heterocycles. The Labute approximate surface area is 107 Å². The van der Waals surface area contributed by atoms with Crippen molar-refractivity contribution < 1.29 is 14.6 Å². The molecular weight excluding hydrogens is 232 g/mol. The Kier molecular flexibility index (Phi) is 6.18. The molecule has 1 atom stereocenters. The Morgan fingerprint density at radius 3 is 2.72 bits per heavy atom. The molecule has 5 heteroatoms. The number of amides is 1. The van der Waals surface area contributed by atoms with Crippen molar-refractivity contribution in [1.29, 1.82) is 0 Å². The molecule has 1 aromatic carbocycles. The summed E-state index contributed by atoms with van der Waals surface area (Å²) in [6.45, 7) is 2.56. The van der Waals surface area contributed by atoms with E-state index in [0.717, 1.165) is 10.6 Å². The first-order valence-electron chi connectivity index (χ1n) is 5.97. The standard InChI is InChI=1S/C13H20N2O3/c1-11(9-16)7-8-15(14)13(17)18-10-12-5-3-2-4-6-12/h2-6,11,16H,7-10,14H2,1H3. The van der Waals surface area contributed by atoms with Crippen molar-refractivity contribution in [2.24, 2.45) is 11.8 Å². The third-order valence-corrected chi connectivity index (χ3v) is 2.61. The van der Waals surface area contributed by atoms with E-state index in [0.29, 0.717) is 13.0 Å². The molecule has 0 fully saturated rings. The van der Waals surface area contributed by atoms with Crippen LogP contribution in [0.3, 0.4) is 0 Å². The van der Waals surface area contributed by atoms with Gasteiger partial charge in [0.15, 0.2) is 0 Å². The minimum absolute atomic E-state index is 0.0902. The molecule has 0 spiro atoms. The number of aliphatic hydroxyl groups is 1. The Balaban J connectivity index is 2.28. The maximum Gasteiger partial charge on any atom is 0.424 e. The monoisotopic (exact) mass is 252 g/mol. The van der Waals surface area contributed by atoms with Crippen LogP contribution < -0.4 is 5.84 Å². The number of nitrogens with two attached hydrogens (primary N) is 1. The van der Waals surface area contributed by atoms with E-state index in [1.54, 1.807) is 0 Å². The van der Waals surface area contributed by atoms with Gasteiger partial charge in [-0.25, -0.2) is 15.6 Å². The Morgan fingerprint density at radius 1 is 1.44 bits per heavy atom. The summed E-state index contributed by atoms with van der Waals surface area (Å²) >= 11 is 0. The van der Waals surface area contributed by atoms with Crippen molar-refractivity contribution in [2.45, 2.75) is 20.0 Å². The predicted molar refractivity (Wildman–Crippen MR) is 68.4 cm³/mol. The van der Waals surface area contributed by atoms with Gasteiger partial charge >= 0.3 is 6.09 Å². The lowest BCUT2D eigenvalue weighted by Gasteiger charge is -2.18. The Hall–Kier alpha value is -1.59. The van der Waals surface area contributed by atoms with Crippen LogP contribution in [0.4, 0.5) is 4.79 Å². The molecule has 1 aromatic rings. The summed E-state index contributed by atoms with van der Waals surface area (Å²) in [5.41, 5.74) is 0.919. The van der Waals surface area contributed by atoms with Crippen LogP contribution in [0.2, 0.25) is 0 Å². The summed E-state index contributed by atoms with van der Waals surface area (Å²) < 4.78 is 5.06. The number of ether oxygens (including phenoxy) is 1. The van der Waals surface area contributed by atoms with E-state index >= 15 is 0 Å². The first kappa shape index (κ1) is 14.5. The van der Waals surface area contributed by atoms with Gasteiger partial charge in [-0.1, -0.05) is 37.3 Å². The summed E-state index contributed by atoms with van der Waals surface area (Å²) in [7, 11) is 0. The molecular formula is C13H20N2O3. The fourth-order valence-corrected chi connectivity index (χ4v) is 1.34. The van der Waals surface area contributed by atoms with E-state index in [4.69, 9.17) is 15.7 Å². The number of carbonyl (C=O) groups excluding carboxylic acids is 1. The highest BCUT2D eigenvalue weighted by molar-refractivity contribution is 5.66. The molecule has 0 aliphatic carbocycles. The van der Waals surface area contributed by atoms with Gasteiger partial charge in [0.25, 0.3) is 0 Å². The minimum Gasteiger partial charge on any atom is -0.444 e. The fraction of sp³-hybridized carbons (Fsp3) is 0.462. The summed E-state index contributed by atoms with van der Waals surface area (Å²) in [6.07, 6.45) is 0.0944. The maximum atomic E-state index is 11.5. The smallest absolute Gasteiger partial charge is 0.424 e. The molecule has 0 radical (unpaired) electrons. The van der Waals surface area contributed by atoms with Crippen LogP contribution in [-0.4, -0.2) is 29.4 Å². The van der Waals surface area contributed by atoms with Crippen molar-refractivity contribution >= 4 is 6.09 Å². The lowest BCUT2D eigenvalue weighted by atomic mass is 10.1. The SMILES string of the molecule is CC(CO)CCN(N)C(=O)OCc1ccccc1. The van der Waals surface area contributed by atoms with Gasteiger partial charge in [0.2, 0.25) is 0 Å². The van der Waals surface area contributed by atoms with E-state index in [-0.39, 0.29) is 19.1 Å². The van der Waals surface area contributed by atoms with Gasteiger partial charge < -0.3 is 9.84 Å². The quantitative estimate of drug-likeness (QED) is 0.457. The molecule has 1 amide bonds. The molecule has 0 bridgehead atoms. The molecule has 5 nitrogen and oxygen atoms in total. The minimum atomic E-state index is -0.552. The number of benzene rings is 1. The van der Waals surface area contributed by atoms with Gasteiger partial charge in [0.1, 0.15) is 6.61 Å². The molecule has 1 unspecified atom stereocenters. The average Bonchev–Trinajstić information content (AvgIpc) is 2.42. The molecule has 18 heavy (non-hydrogen) atoms. The highest BCUT2D eigenvalue weighted by atomic mass is 16.6. The van der Waals surface area contributed by atoms with Crippen LogP contribution in [0.5, 0.6) is 0 Å². The van der Waals surface area contributed by atoms with E-state index in [1.807, 2.05) is 37.3 Å². The van der Waals surface area contributed by atoms with Gasteiger partial charge in [-0.05, 0) is 17.9 Å². The van der Waals surface area contributed by atoms with Crippen LogP contribution in [0.1, 0.15) is 18.9 Å². The van der Waals surface area contributed by atoms with E-state index in [9.17, 15) is 4.79 Å². The zero-order valence-electron chi connectivity index (χ0n) is 10.6. The lowest BCUT2D eigenvalue weighted by molar-refractivity contribution is 0.0925. The topological polar surface area (TPSA) is 75.8 Å². The first-order valence-corrected chi connectivity index (χ1v) is 5.97. The molecule has 1 rings (SSSR count). The van der Waals surface area contributed by atoms with Gasteiger partial charge in [0.05, 0.1) is 0 Å². The number of hydrogen-bond donors (Lipinski definition) is 2. The highest BCUT2D eigenvalue weighted by Crippen LogP contribution is 2.04. The number of hydrogen-bond acceptors (Lipinski definition) is 4. The van der Waals surface area contributed by atoms with Crippen molar-refractivity contribution in [1.82, 2.24) is 5.01 Å². The number of hydrazine groups is 1. The van der Waals surface area contributed by atoms with E-state index in [2.05, 4.69) is 0 Å². The summed E-state index contributed by atoms with van der Waals surface area (Å²) in [5.74, 6) is 5.68. The molecule has 0 aromatic heterocycles.